The second kappa shape index (κ2) is 10.3. The molecule has 1 aliphatic rings. The molecule has 0 spiro atoms. The van der Waals surface area contributed by atoms with Crippen LogP contribution >= 0.6 is 23.2 Å². The topological polar surface area (TPSA) is 94.2 Å². The van der Waals surface area contributed by atoms with Gasteiger partial charge in [-0.1, -0.05) is 23.2 Å². The molecule has 0 radical (unpaired) electrons. The third-order valence-corrected chi connectivity index (χ3v) is 5.97. The quantitative estimate of drug-likeness (QED) is 0.253. The van der Waals surface area contributed by atoms with Crippen LogP contribution in [0.3, 0.4) is 0 Å². The van der Waals surface area contributed by atoms with E-state index in [0.717, 1.165) is 10.5 Å². The molecule has 0 atom stereocenters. The number of methoxy groups -OCH3 is 2. The first-order chi connectivity index (χ1) is 17.2. The number of imide groups is 1. The number of rotatable bonds is 7. The number of anilines is 2. The first kappa shape index (κ1) is 25.1. The van der Waals surface area contributed by atoms with E-state index in [-0.39, 0.29) is 27.7 Å². The molecule has 2 amide bonds. The fourth-order valence-electron chi connectivity index (χ4n) is 3.52. The van der Waals surface area contributed by atoms with E-state index in [2.05, 4.69) is 5.32 Å². The van der Waals surface area contributed by atoms with Gasteiger partial charge in [0.05, 0.1) is 25.5 Å². The van der Waals surface area contributed by atoms with E-state index in [1.54, 1.807) is 49.4 Å². The number of nitrogens with one attached hydrogen (secondary N) is 1. The van der Waals surface area contributed by atoms with Crippen molar-refractivity contribution in [1.82, 2.24) is 0 Å². The smallest absolute Gasteiger partial charge is 0.343 e. The summed E-state index contributed by atoms with van der Waals surface area (Å²) in [6.45, 7) is 1.78. The molecule has 0 aliphatic carbocycles. The zero-order valence-corrected chi connectivity index (χ0v) is 20.9. The van der Waals surface area contributed by atoms with Gasteiger partial charge in [-0.05, 0) is 67.1 Å². The van der Waals surface area contributed by atoms with Crippen LogP contribution < -0.4 is 24.4 Å². The third kappa shape index (κ3) is 4.86. The highest BCUT2D eigenvalue weighted by Gasteiger charge is 2.40. The van der Waals surface area contributed by atoms with Crippen LogP contribution in [0.15, 0.2) is 71.4 Å². The second-order valence-electron chi connectivity index (χ2n) is 7.67. The average Bonchev–Trinajstić information content (AvgIpc) is 3.08. The first-order valence-electron chi connectivity index (χ1n) is 10.6. The molecule has 36 heavy (non-hydrogen) atoms. The van der Waals surface area contributed by atoms with Crippen LogP contribution in [0, 0.1) is 6.92 Å². The van der Waals surface area contributed by atoms with Gasteiger partial charge < -0.3 is 19.5 Å². The van der Waals surface area contributed by atoms with E-state index in [9.17, 15) is 14.4 Å². The molecule has 1 heterocycles. The number of halogens is 2. The number of benzene rings is 3. The summed E-state index contributed by atoms with van der Waals surface area (Å²) < 4.78 is 15.9. The Morgan fingerprint density at radius 3 is 2.22 bits per heavy atom. The lowest BCUT2D eigenvalue weighted by molar-refractivity contribution is -0.120. The predicted octanol–water partition coefficient (Wildman–Crippen LogP) is 5.32. The van der Waals surface area contributed by atoms with E-state index in [1.165, 1.54) is 32.4 Å². The van der Waals surface area contributed by atoms with E-state index in [1.807, 2.05) is 0 Å². The van der Waals surface area contributed by atoms with Crippen molar-refractivity contribution >= 4 is 52.4 Å². The van der Waals surface area contributed by atoms with Crippen LogP contribution in [-0.2, 0) is 9.59 Å². The molecule has 1 N–H and O–H groups in total. The SMILES string of the molecule is COc1ccc(N2C(=O)C(Cl)=C(Nc3ccc(C(=O)Oc4ccc(Cl)cc4C)cc3)C2=O)c(OC)c1. The standard InChI is InChI=1S/C26H20Cl2N2O6/c1-14-12-16(27)6-11-20(14)36-26(33)15-4-7-17(8-5-15)29-23-22(28)24(31)30(25(23)32)19-10-9-18(34-2)13-21(19)35-3/h4-13,29H,1-3H3. The van der Waals surface area contributed by atoms with Gasteiger partial charge in [-0.2, -0.15) is 0 Å². The van der Waals surface area contributed by atoms with Crippen molar-refractivity contribution in [2.75, 3.05) is 24.4 Å². The van der Waals surface area contributed by atoms with Crippen molar-refractivity contribution in [3.05, 3.63) is 87.5 Å². The predicted molar refractivity (Wildman–Crippen MR) is 136 cm³/mol. The van der Waals surface area contributed by atoms with E-state index in [0.29, 0.717) is 22.2 Å². The fourth-order valence-corrected chi connectivity index (χ4v) is 3.96. The highest BCUT2D eigenvalue weighted by molar-refractivity contribution is 6.53. The molecule has 10 heteroatoms. The number of esters is 1. The number of hydrogen-bond acceptors (Lipinski definition) is 7. The number of aryl methyl sites for hydroxylation is 1. The van der Waals surface area contributed by atoms with E-state index >= 15 is 0 Å². The Kier molecular flexibility index (Phi) is 7.19. The Morgan fingerprint density at radius 1 is 0.861 bits per heavy atom. The minimum Gasteiger partial charge on any atom is -0.497 e. The number of carbonyl (C=O) groups is 3. The van der Waals surface area contributed by atoms with Gasteiger partial charge in [-0.25, -0.2) is 9.69 Å². The molecule has 184 valence electrons. The lowest BCUT2D eigenvalue weighted by Crippen LogP contribution is -2.32. The van der Waals surface area contributed by atoms with Crippen molar-refractivity contribution in [2.45, 2.75) is 6.92 Å². The molecular formula is C26H20Cl2N2O6. The Morgan fingerprint density at radius 2 is 1.58 bits per heavy atom. The molecule has 0 saturated heterocycles. The Bertz CT molecular complexity index is 1400. The van der Waals surface area contributed by atoms with Crippen molar-refractivity contribution in [3.63, 3.8) is 0 Å². The van der Waals surface area contributed by atoms with E-state index < -0.39 is 17.8 Å². The van der Waals surface area contributed by atoms with Gasteiger partial charge in [0, 0.05) is 16.8 Å². The summed E-state index contributed by atoms with van der Waals surface area (Å²) in [4.78, 5) is 39.4. The summed E-state index contributed by atoms with van der Waals surface area (Å²) in [5.74, 6) is -0.763. The van der Waals surface area contributed by atoms with Crippen molar-refractivity contribution in [2.24, 2.45) is 0 Å². The summed E-state index contributed by atoms with van der Waals surface area (Å²) in [6, 6.07) is 15.8. The van der Waals surface area contributed by atoms with E-state index in [4.69, 9.17) is 37.4 Å². The summed E-state index contributed by atoms with van der Waals surface area (Å²) in [5, 5.41) is 3.13. The molecule has 0 bridgehead atoms. The Labute approximate surface area is 217 Å². The van der Waals surface area contributed by atoms with Crippen LogP contribution in [0.5, 0.6) is 17.2 Å². The van der Waals surface area contributed by atoms with Crippen molar-refractivity contribution in [1.29, 1.82) is 0 Å². The number of ether oxygens (including phenoxy) is 3. The van der Waals surface area contributed by atoms with Crippen LogP contribution in [0.1, 0.15) is 15.9 Å². The fraction of sp³-hybridized carbons (Fsp3) is 0.115. The molecule has 1 aliphatic heterocycles. The highest BCUT2D eigenvalue weighted by Crippen LogP contribution is 2.37. The van der Waals surface area contributed by atoms with Gasteiger partial charge in [0.2, 0.25) is 0 Å². The third-order valence-electron chi connectivity index (χ3n) is 5.38. The van der Waals surface area contributed by atoms with Gasteiger partial charge in [0.15, 0.2) is 0 Å². The minimum absolute atomic E-state index is 0.105. The summed E-state index contributed by atoms with van der Waals surface area (Å²) in [5.41, 5.74) is 1.56. The number of amides is 2. The molecule has 0 fully saturated rings. The molecule has 0 saturated carbocycles. The maximum atomic E-state index is 13.1. The maximum Gasteiger partial charge on any atom is 0.343 e. The molecule has 3 aromatic carbocycles. The maximum absolute atomic E-state index is 13.1. The van der Waals surface area contributed by atoms with Gasteiger partial charge >= 0.3 is 5.97 Å². The molecule has 0 aromatic heterocycles. The largest absolute Gasteiger partial charge is 0.497 e. The zero-order valence-electron chi connectivity index (χ0n) is 19.4. The summed E-state index contributed by atoms with van der Waals surface area (Å²) in [6.07, 6.45) is 0. The van der Waals surface area contributed by atoms with Crippen LogP contribution in [0.4, 0.5) is 11.4 Å². The van der Waals surface area contributed by atoms with Gasteiger partial charge in [0.25, 0.3) is 11.8 Å². The molecule has 4 rings (SSSR count). The number of nitrogens with zero attached hydrogens (tertiary/aromatic N) is 1. The van der Waals surface area contributed by atoms with Gasteiger partial charge in [-0.3, -0.25) is 9.59 Å². The molecule has 8 nitrogen and oxygen atoms in total. The number of hydrogen-bond donors (Lipinski definition) is 1. The molecule has 0 unspecified atom stereocenters. The highest BCUT2D eigenvalue weighted by atomic mass is 35.5. The van der Waals surface area contributed by atoms with Crippen molar-refractivity contribution in [3.8, 4) is 17.2 Å². The van der Waals surface area contributed by atoms with Crippen LogP contribution in [-0.4, -0.2) is 32.0 Å². The van der Waals surface area contributed by atoms with Gasteiger partial charge in [0.1, 0.15) is 28.0 Å². The zero-order chi connectivity index (χ0) is 26.0. The molecule has 3 aromatic rings. The Hall–Kier alpha value is -4.01. The monoisotopic (exact) mass is 526 g/mol. The normalized spacial score (nSPS) is 13.2. The average molecular weight is 527 g/mol. The minimum atomic E-state index is -0.703. The lowest BCUT2D eigenvalue weighted by Gasteiger charge is -2.18. The van der Waals surface area contributed by atoms with Crippen LogP contribution in [0.2, 0.25) is 5.02 Å². The van der Waals surface area contributed by atoms with Crippen LogP contribution in [0.25, 0.3) is 0 Å². The van der Waals surface area contributed by atoms with Gasteiger partial charge in [-0.15, -0.1) is 0 Å². The number of carbonyl (C=O) groups excluding carboxylic acids is 3. The lowest BCUT2D eigenvalue weighted by atomic mass is 10.2. The molecular weight excluding hydrogens is 507 g/mol. The Balaban J connectivity index is 1.51. The van der Waals surface area contributed by atoms with Crippen molar-refractivity contribution < 1.29 is 28.6 Å². The summed E-state index contributed by atoms with van der Waals surface area (Å²) in [7, 11) is 2.91. The first-order valence-corrected chi connectivity index (χ1v) is 11.3. The summed E-state index contributed by atoms with van der Waals surface area (Å²) >= 11 is 12.2. The second-order valence-corrected chi connectivity index (χ2v) is 8.49.